The first-order valence-corrected chi connectivity index (χ1v) is 10.5. The maximum Gasteiger partial charge on any atom is 0.234 e. The molecular formula is C17H29N5O3S. The van der Waals surface area contributed by atoms with E-state index in [4.69, 9.17) is 0 Å². The fourth-order valence-electron chi connectivity index (χ4n) is 2.65. The molecule has 0 unspecified atom stereocenters. The van der Waals surface area contributed by atoms with Crippen molar-refractivity contribution >= 4 is 21.7 Å². The molecule has 0 atom stereocenters. The third kappa shape index (κ3) is 5.93. The van der Waals surface area contributed by atoms with E-state index in [1.54, 1.807) is 6.20 Å². The van der Waals surface area contributed by atoms with Crippen LogP contribution in [0.2, 0.25) is 0 Å². The van der Waals surface area contributed by atoms with Crippen molar-refractivity contribution in [1.29, 1.82) is 0 Å². The van der Waals surface area contributed by atoms with Crippen molar-refractivity contribution in [3.05, 3.63) is 24.4 Å². The molecule has 9 heteroatoms. The summed E-state index contributed by atoms with van der Waals surface area (Å²) < 4.78 is 26.4. The lowest BCUT2D eigenvalue weighted by molar-refractivity contribution is -0.122. The van der Waals surface area contributed by atoms with E-state index < -0.39 is 10.0 Å². The number of sulfonamides is 1. The zero-order valence-corrected chi connectivity index (χ0v) is 16.6. The Hall–Kier alpha value is -1.71. The number of amides is 1. The third-order valence-electron chi connectivity index (χ3n) is 4.56. The van der Waals surface area contributed by atoms with Gasteiger partial charge in [-0.1, -0.05) is 6.07 Å². The minimum Gasteiger partial charge on any atom is -0.354 e. The minimum absolute atomic E-state index is 0.0757. The second-order valence-corrected chi connectivity index (χ2v) is 8.84. The second-order valence-electron chi connectivity index (χ2n) is 6.75. The van der Waals surface area contributed by atoms with E-state index in [1.807, 2.05) is 44.0 Å². The van der Waals surface area contributed by atoms with Crippen LogP contribution in [-0.2, 0) is 14.8 Å². The fraction of sp³-hybridized carbons (Fsp3) is 0.647. The van der Waals surface area contributed by atoms with Crippen molar-refractivity contribution in [1.82, 2.24) is 19.5 Å². The number of rotatable bonds is 8. The zero-order chi connectivity index (χ0) is 19.2. The number of anilines is 1. The van der Waals surface area contributed by atoms with Crippen LogP contribution in [0, 0.1) is 0 Å². The van der Waals surface area contributed by atoms with Crippen molar-refractivity contribution in [2.45, 2.75) is 19.9 Å². The molecule has 146 valence electrons. The summed E-state index contributed by atoms with van der Waals surface area (Å²) in [6, 6.07) is 5.97. The van der Waals surface area contributed by atoms with Gasteiger partial charge in [-0.3, -0.25) is 9.69 Å². The summed E-state index contributed by atoms with van der Waals surface area (Å²) in [5.41, 5.74) is 0. The zero-order valence-electron chi connectivity index (χ0n) is 15.8. The molecule has 1 amide bonds. The van der Waals surface area contributed by atoms with E-state index >= 15 is 0 Å². The smallest absolute Gasteiger partial charge is 0.234 e. The summed E-state index contributed by atoms with van der Waals surface area (Å²) >= 11 is 0. The molecular weight excluding hydrogens is 354 g/mol. The Kier molecular flexibility index (Phi) is 7.36. The molecule has 0 aliphatic carbocycles. The first kappa shape index (κ1) is 20.6. The van der Waals surface area contributed by atoms with Crippen LogP contribution in [0.3, 0.4) is 0 Å². The van der Waals surface area contributed by atoms with Crippen LogP contribution in [0.15, 0.2) is 24.4 Å². The van der Waals surface area contributed by atoms with Crippen molar-refractivity contribution in [3.63, 3.8) is 0 Å². The largest absolute Gasteiger partial charge is 0.354 e. The van der Waals surface area contributed by atoms with Crippen LogP contribution in [0.5, 0.6) is 0 Å². The number of carbonyl (C=O) groups excluding carboxylic acids is 1. The molecule has 0 radical (unpaired) electrons. The summed E-state index contributed by atoms with van der Waals surface area (Å²) in [6.07, 6.45) is 1.73. The topological polar surface area (TPSA) is 85.8 Å². The molecule has 26 heavy (non-hydrogen) atoms. The van der Waals surface area contributed by atoms with Gasteiger partial charge in [0.2, 0.25) is 15.9 Å². The molecule has 8 nitrogen and oxygen atoms in total. The monoisotopic (exact) mass is 383 g/mol. The van der Waals surface area contributed by atoms with Crippen LogP contribution in [0.1, 0.15) is 13.8 Å². The van der Waals surface area contributed by atoms with Crippen molar-refractivity contribution in [2.24, 2.45) is 0 Å². The van der Waals surface area contributed by atoms with E-state index in [1.165, 1.54) is 4.31 Å². The molecule has 0 saturated carbocycles. The number of piperazine rings is 1. The Morgan fingerprint density at radius 2 is 1.96 bits per heavy atom. The number of nitrogens with one attached hydrogen (secondary N) is 1. The highest BCUT2D eigenvalue weighted by Gasteiger charge is 2.27. The van der Waals surface area contributed by atoms with Gasteiger partial charge in [0, 0.05) is 45.0 Å². The van der Waals surface area contributed by atoms with Crippen LogP contribution in [0.4, 0.5) is 5.82 Å². The van der Waals surface area contributed by atoms with Crippen molar-refractivity contribution in [2.75, 3.05) is 57.0 Å². The molecule has 1 aliphatic rings. The summed E-state index contributed by atoms with van der Waals surface area (Å²) in [4.78, 5) is 20.1. The molecule has 2 heterocycles. The minimum atomic E-state index is -3.37. The van der Waals surface area contributed by atoms with Gasteiger partial charge in [-0.15, -0.1) is 0 Å². The number of hydrogen-bond donors (Lipinski definition) is 1. The van der Waals surface area contributed by atoms with E-state index in [9.17, 15) is 13.2 Å². The number of carbonyl (C=O) groups is 1. The first-order valence-electron chi connectivity index (χ1n) is 8.90. The molecule has 0 spiro atoms. The lowest BCUT2D eigenvalue weighted by Crippen LogP contribution is -2.50. The van der Waals surface area contributed by atoms with Gasteiger partial charge in [-0.2, -0.15) is 4.31 Å². The van der Waals surface area contributed by atoms with Gasteiger partial charge in [0.05, 0.1) is 12.3 Å². The van der Waals surface area contributed by atoms with Gasteiger partial charge in [0.15, 0.2) is 0 Å². The maximum absolute atomic E-state index is 12.5. The van der Waals surface area contributed by atoms with Gasteiger partial charge >= 0.3 is 0 Å². The SMILES string of the molecule is CC(C)N(C)CC(=O)NCCS(=O)(=O)N1CCN(c2ccccn2)CC1. The molecule has 1 aromatic rings. The summed E-state index contributed by atoms with van der Waals surface area (Å²) in [6.45, 7) is 6.49. The Bertz CT molecular complexity index is 673. The van der Waals surface area contributed by atoms with Crippen molar-refractivity contribution < 1.29 is 13.2 Å². The normalized spacial score (nSPS) is 16.3. The van der Waals surface area contributed by atoms with Gasteiger partial charge in [0.1, 0.15) is 5.82 Å². The van der Waals surface area contributed by atoms with E-state index in [0.717, 1.165) is 5.82 Å². The van der Waals surface area contributed by atoms with Crippen LogP contribution in [-0.4, -0.2) is 86.6 Å². The number of likely N-dealkylation sites (N-methyl/N-ethyl adjacent to an activating group) is 1. The van der Waals surface area contributed by atoms with E-state index in [0.29, 0.717) is 26.2 Å². The highest BCUT2D eigenvalue weighted by atomic mass is 32.2. The fourth-order valence-corrected chi connectivity index (χ4v) is 3.99. The highest BCUT2D eigenvalue weighted by Crippen LogP contribution is 2.14. The third-order valence-corrected chi connectivity index (χ3v) is 6.43. The van der Waals surface area contributed by atoms with Crippen molar-refractivity contribution in [3.8, 4) is 0 Å². The highest BCUT2D eigenvalue weighted by molar-refractivity contribution is 7.89. The van der Waals surface area contributed by atoms with Gasteiger partial charge < -0.3 is 10.2 Å². The van der Waals surface area contributed by atoms with Crippen LogP contribution < -0.4 is 10.2 Å². The molecule has 1 fully saturated rings. The molecule has 1 aromatic heterocycles. The second kappa shape index (κ2) is 9.29. The lowest BCUT2D eigenvalue weighted by atomic mass is 10.3. The average molecular weight is 384 g/mol. The molecule has 2 rings (SSSR count). The number of hydrogen-bond acceptors (Lipinski definition) is 6. The summed E-state index contributed by atoms with van der Waals surface area (Å²) in [7, 11) is -1.51. The number of aromatic nitrogens is 1. The molecule has 1 aliphatic heterocycles. The van der Waals surface area contributed by atoms with Crippen LogP contribution in [0.25, 0.3) is 0 Å². The molecule has 1 saturated heterocycles. The lowest BCUT2D eigenvalue weighted by Gasteiger charge is -2.34. The standard InChI is InChI=1S/C17H29N5O3S/c1-15(2)20(3)14-17(23)19-8-13-26(24,25)22-11-9-21(10-12-22)16-6-4-5-7-18-16/h4-7,15H,8-14H2,1-3H3,(H,19,23). The Balaban J connectivity index is 1.76. The summed E-state index contributed by atoms with van der Waals surface area (Å²) in [5.74, 6) is 0.635. The predicted octanol–water partition coefficient (Wildman–Crippen LogP) is -0.0102. The van der Waals surface area contributed by atoms with E-state index in [2.05, 4.69) is 15.2 Å². The first-order chi connectivity index (χ1) is 12.3. The number of pyridine rings is 1. The molecule has 0 aromatic carbocycles. The van der Waals surface area contributed by atoms with Crippen LogP contribution >= 0.6 is 0 Å². The predicted molar refractivity (Wildman–Crippen MR) is 103 cm³/mol. The molecule has 0 bridgehead atoms. The Morgan fingerprint density at radius 3 is 2.54 bits per heavy atom. The maximum atomic E-state index is 12.5. The quantitative estimate of drug-likeness (QED) is 0.680. The Labute approximate surface area is 156 Å². The number of nitrogens with zero attached hydrogens (tertiary/aromatic N) is 4. The van der Waals surface area contributed by atoms with Gasteiger partial charge in [0.25, 0.3) is 0 Å². The molecule has 1 N–H and O–H groups in total. The summed E-state index contributed by atoms with van der Waals surface area (Å²) in [5, 5.41) is 2.69. The van der Waals surface area contributed by atoms with Gasteiger partial charge in [-0.05, 0) is 33.0 Å². The van der Waals surface area contributed by atoms with E-state index in [-0.39, 0.29) is 30.8 Å². The Morgan fingerprint density at radius 1 is 1.27 bits per heavy atom. The average Bonchev–Trinajstić information content (AvgIpc) is 2.62. The van der Waals surface area contributed by atoms with Gasteiger partial charge in [-0.25, -0.2) is 13.4 Å².